The van der Waals surface area contributed by atoms with Crippen molar-refractivity contribution in [2.75, 3.05) is 45.9 Å². The molecule has 1 unspecified atom stereocenters. The standard InChI is InChI=1S/C18H26ClN3O2/c19-15-3-5-17(6-4-15)24-13-12-21-8-10-22(11-9-21)18(23)14-16-2-1-7-20-16/h3-6,16,20H,1-2,7-14H2. The minimum atomic E-state index is 0.298. The van der Waals surface area contributed by atoms with E-state index in [1.54, 1.807) is 0 Å². The van der Waals surface area contributed by atoms with Crippen LogP contribution >= 0.6 is 11.6 Å². The van der Waals surface area contributed by atoms with Gasteiger partial charge in [-0.1, -0.05) is 11.6 Å². The van der Waals surface area contributed by atoms with Gasteiger partial charge in [0, 0.05) is 50.2 Å². The number of nitrogens with zero attached hydrogens (tertiary/aromatic N) is 2. The molecule has 5 nitrogen and oxygen atoms in total. The molecule has 1 aromatic carbocycles. The summed E-state index contributed by atoms with van der Waals surface area (Å²) in [5.74, 6) is 1.14. The highest BCUT2D eigenvalue weighted by atomic mass is 35.5. The number of piperazine rings is 1. The van der Waals surface area contributed by atoms with Crippen molar-refractivity contribution in [3.05, 3.63) is 29.3 Å². The third-order valence-corrected chi connectivity index (χ3v) is 5.05. The van der Waals surface area contributed by atoms with Gasteiger partial charge in [-0.05, 0) is 43.7 Å². The topological polar surface area (TPSA) is 44.8 Å². The fourth-order valence-electron chi connectivity index (χ4n) is 3.32. The second kappa shape index (κ2) is 8.70. The summed E-state index contributed by atoms with van der Waals surface area (Å²) in [6.45, 7) is 6.09. The Kier molecular flexibility index (Phi) is 6.35. The molecule has 0 saturated carbocycles. The number of hydrogen-bond donors (Lipinski definition) is 1. The van der Waals surface area contributed by atoms with Crippen LogP contribution in [0.15, 0.2) is 24.3 Å². The van der Waals surface area contributed by atoms with Gasteiger partial charge >= 0.3 is 0 Å². The third kappa shape index (κ3) is 5.10. The lowest BCUT2D eigenvalue weighted by atomic mass is 10.1. The van der Waals surface area contributed by atoms with E-state index in [9.17, 15) is 4.79 Å². The maximum absolute atomic E-state index is 12.3. The van der Waals surface area contributed by atoms with E-state index >= 15 is 0 Å². The number of carbonyl (C=O) groups is 1. The number of amides is 1. The molecule has 0 bridgehead atoms. The predicted molar refractivity (Wildman–Crippen MR) is 95.6 cm³/mol. The molecular formula is C18H26ClN3O2. The van der Waals surface area contributed by atoms with Crippen LogP contribution in [0.4, 0.5) is 0 Å². The average molecular weight is 352 g/mol. The summed E-state index contributed by atoms with van der Waals surface area (Å²) in [6.07, 6.45) is 2.98. The molecule has 3 rings (SSSR count). The molecular weight excluding hydrogens is 326 g/mol. The summed E-state index contributed by atoms with van der Waals surface area (Å²) in [7, 11) is 0. The van der Waals surface area contributed by atoms with Gasteiger partial charge in [-0.3, -0.25) is 9.69 Å². The summed E-state index contributed by atoms with van der Waals surface area (Å²) in [5, 5.41) is 4.12. The van der Waals surface area contributed by atoms with Crippen molar-refractivity contribution in [2.24, 2.45) is 0 Å². The molecule has 132 valence electrons. The monoisotopic (exact) mass is 351 g/mol. The van der Waals surface area contributed by atoms with E-state index in [1.165, 1.54) is 6.42 Å². The molecule has 0 spiro atoms. The van der Waals surface area contributed by atoms with E-state index in [0.717, 1.165) is 56.5 Å². The zero-order chi connectivity index (χ0) is 16.8. The van der Waals surface area contributed by atoms with E-state index in [2.05, 4.69) is 10.2 Å². The Hall–Kier alpha value is -1.30. The van der Waals surface area contributed by atoms with Gasteiger partial charge in [0.15, 0.2) is 0 Å². The molecule has 1 atom stereocenters. The van der Waals surface area contributed by atoms with Crippen LogP contribution in [0.5, 0.6) is 5.75 Å². The number of nitrogens with one attached hydrogen (secondary N) is 1. The van der Waals surface area contributed by atoms with Crippen molar-refractivity contribution in [3.63, 3.8) is 0 Å². The van der Waals surface area contributed by atoms with Crippen molar-refractivity contribution in [1.29, 1.82) is 0 Å². The highest BCUT2D eigenvalue weighted by molar-refractivity contribution is 6.30. The van der Waals surface area contributed by atoms with Crippen LogP contribution in [-0.2, 0) is 4.79 Å². The number of hydrogen-bond acceptors (Lipinski definition) is 4. The number of benzene rings is 1. The Labute approximate surface area is 148 Å². The molecule has 6 heteroatoms. The smallest absolute Gasteiger partial charge is 0.224 e. The lowest BCUT2D eigenvalue weighted by Gasteiger charge is -2.35. The summed E-state index contributed by atoms with van der Waals surface area (Å²) >= 11 is 5.86. The van der Waals surface area contributed by atoms with Gasteiger partial charge < -0.3 is 15.0 Å². The van der Waals surface area contributed by atoms with Gasteiger partial charge in [-0.2, -0.15) is 0 Å². The first-order valence-corrected chi connectivity index (χ1v) is 9.20. The van der Waals surface area contributed by atoms with Crippen molar-refractivity contribution >= 4 is 17.5 Å². The van der Waals surface area contributed by atoms with Crippen LogP contribution in [0.3, 0.4) is 0 Å². The highest BCUT2D eigenvalue weighted by Gasteiger charge is 2.24. The van der Waals surface area contributed by atoms with E-state index in [4.69, 9.17) is 16.3 Å². The Morgan fingerprint density at radius 3 is 2.62 bits per heavy atom. The maximum atomic E-state index is 12.3. The van der Waals surface area contributed by atoms with E-state index in [0.29, 0.717) is 25.0 Å². The predicted octanol–water partition coefficient (Wildman–Crippen LogP) is 2.01. The second-order valence-corrected chi connectivity index (χ2v) is 6.96. The SMILES string of the molecule is O=C(CC1CCCN1)N1CCN(CCOc2ccc(Cl)cc2)CC1. The van der Waals surface area contributed by atoms with Crippen LogP contribution in [-0.4, -0.2) is 67.6 Å². The normalized spacial score (nSPS) is 21.9. The van der Waals surface area contributed by atoms with Gasteiger partial charge in [0.25, 0.3) is 0 Å². The molecule has 2 fully saturated rings. The first-order chi connectivity index (χ1) is 11.7. The number of rotatable bonds is 6. The summed E-state index contributed by atoms with van der Waals surface area (Å²) in [5.41, 5.74) is 0. The van der Waals surface area contributed by atoms with Gasteiger partial charge in [-0.15, -0.1) is 0 Å². The Balaban J connectivity index is 1.32. The van der Waals surface area contributed by atoms with Gasteiger partial charge in [0.1, 0.15) is 12.4 Å². The van der Waals surface area contributed by atoms with Crippen molar-refractivity contribution in [3.8, 4) is 5.75 Å². The van der Waals surface area contributed by atoms with Gasteiger partial charge in [-0.25, -0.2) is 0 Å². The lowest BCUT2D eigenvalue weighted by Crippen LogP contribution is -2.50. The van der Waals surface area contributed by atoms with E-state index in [1.807, 2.05) is 29.2 Å². The number of halogens is 1. The molecule has 1 N–H and O–H groups in total. The molecule has 2 aliphatic rings. The minimum Gasteiger partial charge on any atom is -0.492 e. The molecule has 1 amide bonds. The summed E-state index contributed by atoms with van der Waals surface area (Å²) in [4.78, 5) is 16.7. The van der Waals surface area contributed by atoms with E-state index < -0.39 is 0 Å². The fraction of sp³-hybridized carbons (Fsp3) is 0.611. The molecule has 2 aliphatic heterocycles. The molecule has 2 heterocycles. The zero-order valence-electron chi connectivity index (χ0n) is 14.0. The van der Waals surface area contributed by atoms with E-state index in [-0.39, 0.29) is 0 Å². The Morgan fingerprint density at radius 1 is 1.21 bits per heavy atom. The van der Waals surface area contributed by atoms with Crippen molar-refractivity contribution in [1.82, 2.24) is 15.1 Å². The second-order valence-electron chi connectivity index (χ2n) is 6.52. The number of carbonyl (C=O) groups excluding carboxylic acids is 1. The quantitative estimate of drug-likeness (QED) is 0.851. The molecule has 0 aliphatic carbocycles. The first kappa shape index (κ1) is 17.5. The van der Waals surface area contributed by atoms with Gasteiger partial charge in [0.05, 0.1) is 0 Å². The summed E-state index contributed by atoms with van der Waals surface area (Å²) in [6, 6.07) is 7.83. The minimum absolute atomic E-state index is 0.298. The third-order valence-electron chi connectivity index (χ3n) is 4.80. The Bertz CT molecular complexity index is 524. The fourth-order valence-corrected chi connectivity index (χ4v) is 3.44. The van der Waals surface area contributed by atoms with Crippen LogP contribution in [0.2, 0.25) is 5.02 Å². The van der Waals surface area contributed by atoms with Gasteiger partial charge in [0.2, 0.25) is 5.91 Å². The summed E-state index contributed by atoms with van der Waals surface area (Å²) < 4.78 is 5.74. The lowest BCUT2D eigenvalue weighted by molar-refractivity contribution is -0.133. The van der Waals surface area contributed by atoms with Crippen molar-refractivity contribution in [2.45, 2.75) is 25.3 Å². The molecule has 1 aromatic rings. The first-order valence-electron chi connectivity index (χ1n) is 8.82. The highest BCUT2D eigenvalue weighted by Crippen LogP contribution is 2.16. The molecule has 0 aromatic heterocycles. The van der Waals surface area contributed by atoms with Crippen LogP contribution < -0.4 is 10.1 Å². The maximum Gasteiger partial charge on any atom is 0.224 e. The van der Waals surface area contributed by atoms with Crippen LogP contribution in [0.1, 0.15) is 19.3 Å². The molecule has 0 radical (unpaired) electrons. The molecule has 2 saturated heterocycles. The van der Waals surface area contributed by atoms with Crippen molar-refractivity contribution < 1.29 is 9.53 Å². The number of ether oxygens (including phenoxy) is 1. The van der Waals surface area contributed by atoms with Crippen LogP contribution in [0, 0.1) is 0 Å². The van der Waals surface area contributed by atoms with Crippen LogP contribution in [0.25, 0.3) is 0 Å². The largest absolute Gasteiger partial charge is 0.492 e. The zero-order valence-corrected chi connectivity index (χ0v) is 14.8. The molecule has 24 heavy (non-hydrogen) atoms. The average Bonchev–Trinajstić information content (AvgIpc) is 3.10. The Morgan fingerprint density at radius 2 is 1.96 bits per heavy atom.